The molecule has 0 spiro atoms. The van der Waals surface area contributed by atoms with Crippen LogP contribution in [0.25, 0.3) is 0 Å². The number of carboxylic acids is 1. The molecule has 0 aliphatic carbocycles. The third kappa shape index (κ3) is 3.29. The molecule has 0 bridgehead atoms. The van der Waals surface area contributed by atoms with E-state index in [9.17, 15) is 9.90 Å². The van der Waals surface area contributed by atoms with Crippen LogP contribution in [-0.4, -0.2) is 22.8 Å². The van der Waals surface area contributed by atoms with Gasteiger partial charge in [-0.1, -0.05) is 30.7 Å². The van der Waals surface area contributed by atoms with Gasteiger partial charge in [-0.15, -0.1) is 0 Å². The van der Waals surface area contributed by atoms with E-state index < -0.39 is 11.6 Å². The molecule has 148 valence electrons. The van der Waals surface area contributed by atoms with E-state index >= 15 is 0 Å². The van der Waals surface area contributed by atoms with Gasteiger partial charge in [0.15, 0.2) is 0 Å². The lowest BCUT2D eigenvalue weighted by Gasteiger charge is -2.51. The van der Waals surface area contributed by atoms with Gasteiger partial charge in [0, 0.05) is 22.4 Å². The van der Waals surface area contributed by atoms with E-state index in [1.807, 2.05) is 12.1 Å². The molecule has 4 nitrogen and oxygen atoms in total. The monoisotopic (exact) mass is 400 g/mol. The third-order valence-electron chi connectivity index (χ3n) is 6.17. The molecule has 2 aliphatic heterocycles. The summed E-state index contributed by atoms with van der Waals surface area (Å²) in [5, 5.41) is 10.1. The van der Waals surface area contributed by atoms with Crippen molar-refractivity contribution >= 4 is 17.6 Å². The molecule has 4 atom stereocenters. The van der Waals surface area contributed by atoms with Crippen LogP contribution in [0.3, 0.4) is 0 Å². The Bertz CT molecular complexity index is 890. The fourth-order valence-corrected chi connectivity index (χ4v) is 4.79. The summed E-state index contributed by atoms with van der Waals surface area (Å²) in [6.07, 6.45) is 1.67. The van der Waals surface area contributed by atoms with Crippen molar-refractivity contribution in [2.45, 2.75) is 57.3 Å². The molecule has 5 heteroatoms. The number of hydrogen-bond donors (Lipinski definition) is 1. The van der Waals surface area contributed by atoms with Crippen molar-refractivity contribution in [3.63, 3.8) is 0 Å². The van der Waals surface area contributed by atoms with Crippen molar-refractivity contribution in [3.8, 4) is 5.75 Å². The summed E-state index contributed by atoms with van der Waals surface area (Å²) in [6, 6.07) is 13.1. The molecule has 0 aromatic heterocycles. The van der Waals surface area contributed by atoms with Gasteiger partial charge in [0.1, 0.15) is 11.4 Å². The van der Waals surface area contributed by atoms with Gasteiger partial charge in [-0.25, -0.2) is 4.79 Å². The Hall–Kier alpha value is -2.04. The Morgan fingerprint density at radius 3 is 2.57 bits per heavy atom. The average Bonchev–Trinajstić information content (AvgIpc) is 2.67. The van der Waals surface area contributed by atoms with E-state index in [0.29, 0.717) is 0 Å². The van der Waals surface area contributed by atoms with Crippen molar-refractivity contribution < 1.29 is 19.4 Å². The van der Waals surface area contributed by atoms with Crippen LogP contribution >= 0.6 is 11.6 Å². The molecular weight excluding hydrogens is 376 g/mol. The van der Waals surface area contributed by atoms with Crippen LogP contribution < -0.4 is 4.74 Å². The van der Waals surface area contributed by atoms with Crippen LogP contribution in [0.5, 0.6) is 5.75 Å². The lowest BCUT2D eigenvalue weighted by Crippen LogP contribution is -2.50. The van der Waals surface area contributed by atoms with Crippen LogP contribution in [0.4, 0.5) is 0 Å². The molecule has 4 rings (SSSR count). The first-order valence-electron chi connectivity index (χ1n) is 9.77. The summed E-state index contributed by atoms with van der Waals surface area (Å²) in [4.78, 5) is 11.5. The molecule has 1 N–H and O–H groups in total. The molecule has 2 aromatic carbocycles. The predicted molar refractivity (Wildman–Crippen MR) is 108 cm³/mol. The Balaban J connectivity index is 1.74. The smallest absolute Gasteiger partial charge is 0.335 e. The highest BCUT2D eigenvalue weighted by atomic mass is 35.5. The van der Waals surface area contributed by atoms with E-state index in [4.69, 9.17) is 21.1 Å². The highest BCUT2D eigenvalue weighted by molar-refractivity contribution is 6.30. The maximum atomic E-state index is 11.5. The Kier molecular flexibility index (Phi) is 4.88. The summed E-state index contributed by atoms with van der Waals surface area (Å²) < 4.78 is 12.9. The topological polar surface area (TPSA) is 55.8 Å². The average molecular weight is 401 g/mol. The van der Waals surface area contributed by atoms with E-state index in [0.717, 1.165) is 29.2 Å². The molecule has 28 heavy (non-hydrogen) atoms. The summed E-state index contributed by atoms with van der Waals surface area (Å²) in [5.41, 5.74) is 1.91. The van der Waals surface area contributed by atoms with E-state index in [2.05, 4.69) is 32.9 Å². The molecule has 0 radical (unpaired) electrons. The Morgan fingerprint density at radius 1 is 1.21 bits per heavy atom. The Labute approximate surface area is 170 Å². The van der Waals surface area contributed by atoms with E-state index in [-0.39, 0.29) is 29.6 Å². The van der Waals surface area contributed by atoms with Gasteiger partial charge in [-0.3, -0.25) is 0 Å². The zero-order valence-corrected chi connectivity index (χ0v) is 17.1. The number of fused-ring (bicyclic) bond motifs is 3. The number of rotatable bonds is 3. The van der Waals surface area contributed by atoms with Gasteiger partial charge in [-0.2, -0.15) is 0 Å². The second kappa shape index (κ2) is 7.09. The molecular formula is C23H25ClO4. The van der Waals surface area contributed by atoms with Crippen molar-refractivity contribution in [1.29, 1.82) is 0 Å². The van der Waals surface area contributed by atoms with Gasteiger partial charge < -0.3 is 14.6 Å². The largest absolute Gasteiger partial charge is 0.487 e. The second-order valence-electron chi connectivity index (χ2n) is 8.27. The van der Waals surface area contributed by atoms with E-state index in [1.54, 1.807) is 18.2 Å². The fraction of sp³-hybridized carbons (Fsp3) is 0.435. The number of carboxylic acid groups (broad SMARTS) is 1. The SMILES string of the molecule is CC[C@@H]1O[C@@H]2c3cc(C(=O)O)ccc3OC(C)(C)[C@H]2C[C@H]1c1ccc(Cl)cc1. The maximum absolute atomic E-state index is 11.5. The normalized spacial score (nSPS) is 28.0. The number of carbonyl (C=O) groups is 1. The molecule has 1 saturated heterocycles. The quantitative estimate of drug-likeness (QED) is 0.702. The highest BCUT2D eigenvalue weighted by Gasteiger charge is 2.50. The van der Waals surface area contributed by atoms with Crippen molar-refractivity contribution in [3.05, 3.63) is 64.2 Å². The van der Waals surface area contributed by atoms with Gasteiger partial charge in [0.2, 0.25) is 0 Å². The minimum absolute atomic E-state index is 0.0534. The molecule has 0 unspecified atom stereocenters. The van der Waals surface area contributed by atoms with Crippen LogP contribution in [0.1, 0.15) is 67.1 Å². The van der Waals surface area contributed by atoms with Gasteiger partial charge in [-0.05, 0) is 62.6 Å². The first kappa shape index (κ1) is 19.3. The van der Waals surface area contributed by atoms with Crippen molar-refractivity contribution in [2.75, 3.05) is 0 Å². The van der Waals surface area contributed by atoms with Crippen LogP contribution in [0, 0.1) is 5.92 Å². The van der Waals surface area contributed by atoms with Gasteiger partial charge >= 0.3 is 5.97 Å². The molecule has 1 fully saturated rings. The predicted octanol–water partition coefficient (Wildman–Crippen LogP) is 5.85. The minimum atomic E-state index is -0.939. The third-order valence-corrected chi connectivity index (χ3v) is 6.43. The first-order chi connectivity index (χ1) is 13.3. The fourth-order valence-electron chi connectivity index (χ4n) is 4.66. The summed E-state index contributed by atoms with van der Waals surface area (Å²) >= 11 is 6.07. The molecule has 2 aliphatic rings. The lowest BCUT2D eigenvalue weighted by molar-refractivity contribution is -0.159. The van der Waals surface area contributed by atoms with Crippen molar-refractivity contribution in [1.82, 2.24) is 0 Å². The first-order valence-corrected chi connectivity index (χ1v) is 10.1. The lowest BCUT2D eigenvalue weighted by atomic mass is 9.70. The number of benzene rings is 2. The Morgan fingerprint density at radius 2 is 1.93 bits per heavy atom. The number of hydrogen-bond acceptors (Lipinski definition) is 3. The molecule has 0 amide bonds. The number of ether oxygens (including phenoxy) is 2. The van der Waals surface area contributed by atoms with Crippen LogP contribution in [0.2, 0.25) is 5.02 Å². The van der Waals surface area contributed by atoms with Crippen molar-refractivity contribution in [2.24, 2.45) is 5.92 Å². The minimum Gasteiger partial charge on any atom is -0.487 e. The van der Waals surface area contributed by atoms with Gasteiger partial charge in [0.25, 0.3) is 0 Å². The van der Waals surface area contributed by atoms with Gasteiger partial charge in [0.05, 0.1) is 17.8 Å². The summed E-state index contributed by atoms with van der Waals surface area (Å²) in [7, 11) is 0. The zero-order valence-electron chi connectivity index (χ0n) is 16.3. The van der Waals surface area contributed by atoms with Crippen LogP contribution in [-0.2, 0) is 4.74 Å². The molecule has 0 saturated carbocycles. The number of halogens is 1. The molecule has 2 heterocycles. The summed E-state index contributed by atoms with van der Waals surface area (Å²) in [6.45, 7) is 6.31. The molecule has 2 aromatic rings. The standard InChI is InChI=1S/C23H25ClO4/c1-4-19-16(13-5-8-15(24)9-6-13)12-18-21(27-19)17-11-14(22(25)26)7-10-20(17)28-23(18,2)3/h5-11,16,18-19,21H,4,12H2,1-3H3,(H,25,26)/t16-,18-,19-,21+/m0/s1. The van der Waals surface area contributed by atoms with Crippen LogP contribution in [0.15, 0.2) is 42.5 Å². The maximum Gasteiger partial charge on any atom is 0.335 e. The zero-order chi connectivity index (χ0) is 20.1. The van der Waals surface area contributed by atoms with E-state index in [1.165, 1.54) is 5.56 Å². The second-order valence-corrected chi connectivity index (χ2v) is 8.70. The summed E-state index contributed by atoms with van der Waals surface area (Å²) in [5.74, 6) is 0.144. The number of aromatic carboxylic acids is 1. The highest BCUT2D eigenvalue weighted by Crippen LogP contribution is 2.54.